The van der Waals surface area contributed by atoms with Gasteiger partial charge in [0.2, 0.25) is 17.7 Å². The zero-order valence-electron chi connectivity index (χ0n) is 18.8. The molecule has 0 aliphatic carbocycles. The van der Waals surface area contributed by atoms with Crippen molar-refractivity contribution in [3.05, 3.63) is 71.6 Å². The summed E-state index contributed by atoms with van der Waals surface area (Å²) in [7, 11) is 0. The van der Waals surface area contributed by atoms with Crippen LogP contribution in [0.1, 0.15) is 56.0 Å². The van der Waals surface area contributed by atoms with Crippen molar-refractivity contribution in [2.45, 2.75) is 64.6 Å². The van der Waals surface area contributed by atoms with Crippen LogP contribution in [0.5, 0.6) is 0 Å². The van der Waals surface area contributed by atoms with Crippen LogP contribution in [0.25, 0.3) is 11.5 Å². The third-order valence-corrected chi connectivity index (χ3v) is 6.12. The molecule has 2 aromatic carbocycles. The molecule has 1 saturated heterocycles. The molecule has 0 radical (unpaired) electrons. The molecule has 1 amide bonds. The quantitative estimate of drug-likeness (QED) is 0.528. The maximum Gasteiger partial charge on any atom is 0.247 e. The number of likely N-dealkylation sites (tertiary alicyclic amines) is 1. The first-order valence-electron chi connectivity index (χ1n) is 11.6. The van der Waals surface area contributed by atoms with E-state index >= 15 is 0 Å². The molecule has 1 aromatic heterocycles. The Morgan fingerprint density at radius 3 is 2.62 bits per heavy atom. The van der Waals surface area contributed by atoms with Crippen molar-refractivity contribution in [3.63, 3.8) is 0 Å². The van der Waals surface area contributed by atoms with E-state index in [0.717, 1.165) is 17.7 Å². The van der Waals surface area contributed by atoms with Gasteiger partial charge >= 0.3 is 0 Å². The SMILES string of the molecule is C[C@@H]1CCCCN1Cc1ccc(CNC(=O)CCCc2nnc(-c3ccccc3)o2)cc1. The molecule has 0 spiro atoms. The molecule has 168 valence electrons. The highest BCUT2D eigenvalue weighted by molar-refractivity contribution is 5.75. The Morgan fingerprint density at radius 1 is 1.06 bits per heavy atom. The van der Waals surface area contributed by atoms with Crippen molar-refractivity contribution in [2.75, 3.05) is 6.54 Å². The Bertz CT molecular complexity index is 985. The molecule has 1 atom stereocenters. The third kappa shape index (κ3) is 6.26. The average molecular weight is 433 g/mol. The molecule has 6 heteroatoms. The summed E-state index contributed by atoms with van der Waals surface area (Å²) in [6.45, 7) is 5.08. The fourth-order valence-electron chi connectivity index (χ4n) is 4.13. The largest absolute Gasteiger partial charge is 0.421 e. The van der Waals surface area contributed by atoms with Crippen LogP contribution in [0.3, 0.4) is 0 Å². The Labute approximate surface area is 190 Å². The summed E-state index contributed by atoms with van der Waals surface area (Å²) in [6.07, 6.45) is 5.65. The van der Waals surface area contributed by atoms with Crippen molar-refractivity contribution < 1.29 is 9.21 Å². The van der Waals surface area contributed by atoms with Crippen molar-refractivity contribution in [1.29, 1.82) is 0 Å². The van der Waals surface area contributed by atoms with Crippen LogP contribution in [0.4, 0.5) is 0 Å². The molecule has 1 aliphatic rings. The van der Waals surface area contributed by atoms with Crippen molar-refractivity contribution in [3.8, 4) is 11.5 Å². The highest BCUT2D eigenvalue weighted by Crippen LogP contribution is 2.20. The Hall–Kier alpha value is -2.99. The lowest BCUT2D eigenvalue weighted by molar-refractivity contribution is -0.121. The van der Waals surface area contributed by atoms with Gasteiger partial charge in [0.15, 0.2) is 0 Å². The van der Waals surface area contributed by atoms with Gasteiger partial charge in [0.1, 0.15) is 0 Å². The zero-order chi connectivity index (χ0) is 22.2. The predicted octanol–water partition coefficient (Wildman–Crippen LogP) is 4.75. The van der Waals surface area contributed by atoms with E-state index in [-0.39, 0.29) is 5.91 Å². The summed E-state index contributed by atoms with van der Waals surface area (Å²) < 4.78 is 5.70. The summed E-state index contributed by atoms with van der Waals surface area (Å²) in [6, 6.07) is 19.0. The molecule has 32 heavy (non-hydrogen) atoms. The van der Waals surface area contributed by atoms with E-state index in [1.165, 1.54) is 31.4 Å². The Kier molecular flexibility index (Phi) is 7.67. The molecule has 4 rings (SSSR count). The molecule has 1 N–H and O–H groups in total. The monoisotopic (exact) mass is 432 g/mol. The number of piperidine rings is 1. The average Bonchev–Trinajstić information content (AvgIpc) is 3.30. The number of carbonyl (C=O) groups is 1. The molecule has 1 fully saturated rings. The smallest absolute Gasteiger partial charge is 0.247 e. The summed E-state index contributed by atoms with van der Waals surface area (Å²) in [5.74, 6) is 1.12. The van der Waals surface area contributed by atoms with E-state index in [1.54, 1.807) is 0 Å². The van der Waals surface area contributed by atoms with E-state index in [1.807, 2.05) is 30.3 Å². The molecule has 0 bridgehead atoms. The number of nitrogens with zero attached hydrogens (tertiary/aromatic N) is 3. The van der Waals surface area contributed by atoms with Gasteiger partial charge in [-0.15, -0.1) is 10.2 Å². The van der Waals surface area contributed by atoms with Gasteiger partial charge in [0.05, 0.1) is 0 Å². The van der Waals surface area contributed by atoms with Crippen molar-refractivity contribution in [2.24, 2.45) is 0 Å². The van der Waals surface area contributed by atoms with Crippen LogP contribution in [0.15, 0.2) is 59.0 Å². The number of aromatic nitrogens is 2. The maximum atomic E-state index is 12.2. The van der Waals surface area contributed by atoms with Crippen molar-refractivity contribution >= 4 is 5.91 Å². The lowest BCUT2D eigenvalue weighted by Crippen LogP contribution is -2.36. The van der Waals surface area contributed by atoms with Crippen LogP contribution >= 0.6 is 0 Å². The van der Waals surface area contributed by atoms with Crippen LogP contribution in [0, 0.1) is 0 Å². The van der Waals surface area contributed by atoms with E-state index < -0.39 is 0 Å². The molecule has 0 saturated carbocycles. The summed E-state index contributed by atoms with van der Waals surface area (Å²) in [5.41, 5.74) is 3.36. The number of rotatable bonds is 9. The minimum absolute atomic E-state index is 0.0408. The molecule has 2 heterocycles. The lowest BCUT2D eigenvalue weighted by atomic mass is 10.0. The Balaban J connectivity index is 1.16. The molecule has 3 aromatic rings. The number of amides is 1. The second-order valence-electron chi connectivity index (χ2n) is 8.63. The van der Waals surface area contributed by atoms with Gasteiger partial charge in [0.25, 0.3) is 0 Å². The van der Waals surface area contributed by atoms with Gasteiger partial charge in [-0.2, -0.15) is 0 Å². The second-order valence-corrected chi connectivity index (χ2v) is 8.63. The summed E-state index contributed by atoms with van der Waals surface area (Å²) in [5, 5.41) is 11.2. The van der Waals surface area contributed by atoms with E-state index in [0.29, 0.717) is 43.6 Å². The number of benzene rings is 2. The van der Waals surface area contributed by atoms with Gasteiger partial charge in [-0.05, 0) is 56.0 Å². The molecular formula is C26H32N4O2. The maximum absolute atomic E-state index is 12.2. The summed E-state index contributed by atoms with van der Waals surface area (Å²) in [4.78, 5) is 14.8. The van der Waals surface area contributed by atoms with Gasteiger partial charge in [-0.25, -0.2) is 0 Å². The third-order valence-electron chi connectivity index (χ3n) is 6.12. The predicted molar refractivity (Wildman–Crippen MR) is 125 cm³/mol. The van der Waals surface area contributed by atoms with Gasteiger partial charge in [0, 0.05) is 37.5 Å². The number of nitrogens with one attached hydrogen (secondary N) is 1. The molecule has 6 nitrogen and oxygen atoms in total. The van der Waals surface area contributed by atoms with E-state index in [2.05, 4.69) is 51.6 Å². The van der Waals surface area contributed by atoms with E-state index in [9.17, 15) is 4.79 Å². The highest BCUT2D eigenvalue weighted by Gasteiger charge is 2.18. The normalized spacial score (nSPS) is 16.7. The minimum Gasteiger partial charge on any atom is -0.421 e. The van der Waals surface area contributed by atoms with Crippen LogP contribution < -0.4 is 5.32 Å². The molecule has 1 aliphatic heterocycles. The standard InChI is InChI=1S/C26H32N4O2/c1-20-8-5-6-17-30(20)19-22-15-13-21(14-16-22)18-27-24(31)11-7-12-25-28-29-26(32-25)23-9-3-2-4-10-23/h2-4,9-10,13-16,20H,5-8,11-12,17-19H2,1H3,(H,27,31)/t20-/m1/s1. The zero-order valence-corrected chi connectivity index (χ0v) is 18.8. The topological polar surface area (TPSA) is 71.3 Å². The van der Waals surface area contributed by atoms with Gasteiger partial charge < -0.3 is 9.73 Å². The van der Waals surface area contributed by atoms with Gasteiger partial charge in [-0.1, -0.05) is 48.9 Å². The second kappa shape index (κ2) is 11.0. The first kappa shape index (κ1) is 22.2. The number of hydrogen-bond acceptors (Lipinski definition) is 5. The molecular weight excluding hydrogens is 400 g/mol. The Morgan fingerprint density at radius 2 is 1.84 bits per heavy atom. The lowest BCUT2D eigenvalue weighted by Gasteiger charge is -2.33. The number of hydrogen-bond donors (Lipinski definition) is 1. The van der Waals surface area contributed by atoms with Crippen LogP contribution in [-0.4, -0.2) is 33.6 Å². The fraction of sp³-hybridized carbons (Fsp3) is 0.423. The number of carbonyl (C=O) groups excluding carboxylic acids is 1. The first-order valence-corrected chi connectivity index (χ1v) is 11.6. The molecule has 0 unspecified atom stereocenters. The fourth-order valence-corrected chi connectivity index (χ4v) is 4.13. The van der Waals surface area contributed by atoms with Gasteiger partial charge in [-0.3, -0.25) is 9.69 Å². The highest BCUT2D eigenvalue weighted by atomic mass is 16.4. The first-order chi connectivity index (χ1) is 15.7. The summed E-state index contributed by atoms with van der Waals surface area (Å²) >= 11 is 0. The van der Waals surface area contributed by atoms with Crippen LogP contribution in [0.2, 0.25) is 0 Å². The van der Waals surface area contributed by atoms with Crippen molar-refractivity contribution in [1.82, 2.24) is 20.4 Å². The number of aryl methyl sites for hydroxylation is 1. The van der Waals surface area contributed by atoms with Crippen LogP contribution in [-0.2, 0) is 24.3 Å². The minimum atomic E-state index is 0.0408. The van der Waals surface area contributed by atoms with E-state index in [4.69, 9.17) is 4.42 Å².